The lowest BCUT2D eigenvalue weighted by Gasteiger charge is -2.42. The maximum Gasteiger partial charge on any atom is 0.127 e. The Bertz CT molecular complexity index is 1590. The summed E-state index contributed by atoms with van der Waals surface area (Å²) in [6.07, 6.45) is 13.3. The molecule has 0 N–H and O–H groups in total. The number of hydrogen-bond donors (Lipinski definition) is 0. The first kappa shape index (κ1) is 33.4. The van der Waals surface area contributed by atoms with Gasteiger partial charge in [0.1, 0.15) is 23.3 Å². The Balaban J connectivity index is 1.56. The van der Waals surface area contributed by atoms with Gasteiger partial charge in [-0.25, -0.2) is 8.51 Å². The Labute approximate surface area is 281 Å². The molecule has 0 heterocycles. The third-order valence-corrected chi connectivity index (χ3v) is 15.4. The van der Waals surface area contributed by atoms with Crippen molar-refractivity contribution < 1.29 is 8.95 Å². The van der Waals surface area contributed by atoms with E-state index in [2.05, 4.69) is 123 Å². The van der Waals surface area contributed by atoms with E-state index in [1.807, 2.05) is 0 Å². The van der Waals surface area contributed by atoms with Crippen molar-refractivity contribution in [2.45, 2.75) is 114 Å². The Kier molecular flexibility index (Phi) is 11.0. The molecule has 2 saturated carbocycles. The van der Waals surface area contributed by atoms with Gasteiger partial charge in [0.2, 0.25) is 0 Å². The van der Waals surface area contributed by atoms with Gasteiger partial charge in [0.25, 0.3) is 0 Å². The molecule has 2 fully saturated rings. The lowest BCUT2D eigenvalue weighted by molar-refractivity contribution is 0.308. The Morgan fingerprint density at radius 1 is 0.761 bits per heavy atom. The monoisotopic (exact) mass is 653 g/mol. The minimum atomic E-state index is -1.22. The average Bonchev–Trinajstić information content (AvgIpc) is 3.09. The fourth-order valence-corrected chi connectivity index (χ4v) is 13.1. The number of nitrogens with zero attached hydrogens (tertiary/aromatic N) is 1. The number of hydrogen-bond acceptors (Lipinski definition) is 2. The van der Waals surface area contributed by atoms with Gasteiger partial charge in [-0.3, -0.25) is 0 Å². The molecule has 0 bridgehead atoms. The summed E-state index contributed by atoms with van der Waals surface area (Å²) in [6, 6.07) is 32.7. The van der Waals surface area contributed by atoms with Crippen LogP contribution in [0.4, 0.5) is 0 Å². The first-order valence-electron chi connectivity index (χ1n) is 17.5. The number of ether oxygens (including phenoxy) is 1. The molecule has 3 nitrogen and oxygen atoms in total. The van der Waals surface area contributed by atoms with Gasteiger partial charge in [-0.2, -0.15) is 0 Å². The molecule has 2 aliphatic rings. The molecule has 0 spiro atoms. The molecule has 4 aromatic rings. The van der Waals surface area contributed by atoms with Gasteiger partial charge in [0.15, 0.2) is 0 Å². The van der Waals surface area contributed by atoms with Crippen LogP contribution in [0.2, 0.25) is 0 Å². The largest absolute Gasteiger partial charge is 0.488 e. The topological polar surface area (TPSA) is 29.5 Å². The van der Waals surface area contributed by atoms with Crippen molar-refractivity contribution in [3.63, 3.8) is 0 Å². The Morgan fingerprint density at radius 2 is 1.37 bits per heavy atom. The molecule has 2 aliphatic carbocycles. The van der Waals surface area contributed by atoms with Crippen molar-refractivity contribution in [1.29, 1.82) is 0 Å². The molecular weight excluding hydrogens is 601 g/mol. The summed E-state index contributed by atoms with van der Waals surface area (Å²) in [5.41, 5.74) is 5.10. The molecule has 0 amide bonds. The van der Waals surface area contributed by atoms with Crippen molar-refractivity contribution in [2.75, 3.05) is 7.05 Å². The Hall–Kier alpha value is -2.52. The van der Waals surface area contributed by atoms with Gasteiger partial charge in [-0.1, -0.05) is 125 Å². The highest BCUT2D eigenvalue weighted by atomic mass is 32.2. The minimum Gasteiger partial charge on any atom is -0.488 e. The van der Waals surface area contributed by atoms with Crippen LogP contribution in [0.15, 0.2) is 91.0 Å². The second-order valence-electron chi connectivity index (χ2n) is 14.4. The average molecular weight is 654 g/mol. The molecule has 0 aliphatic heterocycles. The van der Waals surface area contributed by atoms with Gasteiger partial charge in [-0.05, 0) is 97.4 Å². The molecule has 6 rings (SSSR count). The van der Waals surface area contributed by atoms with Crippen molar-refractivity contribution in [1.82, 2.24) is 4.31 Å². The zero-order valence-electron chi connectivity index (χ0n) is 28.3. The van der Waals surface area contributed by atoms with E-state index < -0.39 is 18.9 Å². The van der Waals surface area contributed by atoms with Crippen LogP contribution in [0.5, 0.6) is 5.75 Å². The quantitative estimate of drug-likeness (QED) is 0.159. The summed E-state index contributed by atoms with van der Waals surface area (Å²) in [6.45, 7) is 6.83. The number of benzene rings is 4. The van der Waals surface area contributed by atoms with Crippen molar-refractivity contribution >= 4 is 35.0 Å². The molecule has 46 heavy (non-hydrogen) atoms. The van der Waals surface area contributed by atoms with E-state index in [4.69, 9.17) is 4.74 Å². The van der Waals surface area contributed by atoms with Gasteiger partial charge in [0, 0.05) is 12.4 Å². The standard InChI is InChI=1S/C41H52NO2PS/c1-41(2,3)46(43)42(4)39(34-28-27-32-19-14-15-20-33(32)29-34)37-25-16-26-38(44-30-31-17-8-5-9-18-31)40(37)45(35-21-10-6-11-22-35)36-23-12-7-13-24-36/h5,8-9,14-20,25-29,35-36,39H,6-7,10-13,21-24,30H2,1-4H3/t39-,46+/m0/s1. The summed E-state index contributed by atoms with van der Waals surface area (Å²) in [5.74, 6) is 1.05. The molecule has 244 valence electrons. The molecule has 0 unspecified atom stereocenters. The van der Waals surface area contributed by atoms with E-state index in [1.165, 1.54) is 97.0 Å². The van der Waals surface area contributed by atoms with E-state index in [9.17, 15) is 4.21 Å². The van der Waals surface area contributed by atoms with E-state index in [-0.39, 0.29) is 10.8 Å². The zero-order chi connectivity index (χ0) is 32.1. The fraction of sp³-hybridized carbons (Fsp3) is 0.463. The molecule has 2 atom stereocenters. The maximum absolute atomic E-state index is 14.3. The fourth-order valence-electron chi connectivity index (χ4n) is 7.76. The highest BCUT2D eigenvalue weighted by molar-refractivity contribution is 7.84. The SMILES string of the molecule is CN([C@@H](c1ccc2ccccc2c1)c1cccc(OCc2ccccc2)c1P(C1CCCCC1)C1CCCCC1)[S@](=O)C(C)(C)C. The van der Waals surface area contributed by atoms with Crippen LogP contribution >= 0.6 is 7.92 Å². The van der Waals surface area contributed by atoms with Crippen LogP contribution < -0.4 is 10.0 Å². The lowest BCUT2D eigenvalue weighted by Crippen LogP contribution is -2.40. The molecular formula is C41H52NO2PS. The van der Waals surface area contributed by atoms with Crippen molar-refractivity contribution in [3.05, 3.63) is 108 Å². The minimum absolute atomic E-state index is 0.155. The molecule has 0 aromatic heterocycles. The van der Waals surface area contributed by atoms with Gasteiger partial charge in [0.05, 0.1) is 10.8 Å². The molecule has 5 heteroatoms. The molecule has 0 saturated heterocycles. The predicted octanol–water partition coefficient (Wildman–Crippen LogP) is 10.7. The van der Waals surface area contributed by atoms with Crippen LogP contribution in [-0.2, 0) is 17.6 Å². The lowest BCUT2D eigenvalue weighted by atomic mass is 9.96. The smallest absolute Gasteiger partial charge is 0.127 e. The van der Waals surface area contributed by atoms with Crippen molar-refractivity contribution in [2.24, 2.45) is 0 Å². The summed E-state index contributed by atoms with van der Waals surface area (Å²) >= 11 is 0. The third-order valence-electron chi connectivity index (χ3n) is 9.99. The number of fused-ring (bicyclic) bond motifs is 1. The van der Waals surface area contributed by atoms with Crippen LogP contribution in [0.3, 0.4) is 0 Å². The summed E-state index contributed by atoms with van der Waals surface area (Å²) < 4.78 is 23.0. The van der Waals surface area contributed by atoms with E-state index in [0.29, 0.717) is 17.9 Å². The zero-order valence-corrected chi connectivity index (χ0v) is 30.0. The molecule has 4 aromatic carbocycles. The molecule has 0 radical (unpaired) electrons. The van der Waals surface area contributed by atoms with Crippen LogP contribution in [0, 0.1) is 0 Å². The van der Waals surface area contributed by atoms with E-state index >= 15 is 0 Å². The third kappa shape index (κ3) is 7.61. The van der Waals surface area contributed by atoms with E-state index in [0.717, 1.165) is 5.75 Å². The second kappa shape index (κ2) is 15.1. The second-order valence-corrected chi connectivity index (χ2v) is 19.4. The highest BCUT2D eigenvalue weighted by Gasteiger charge is 2.39. The number of rotatable bonds is 10. The normalized spacial score (nSPS) is 18.2. The van der Waals surface area contributed by atoms with Crippen molar-refractivity contribution in [3.8, 4) is 5.75 Å². The Morgan fingerprint density at radius 3 is 2.00 bits per heavy atom. The van der Waals surface area contributed by atoms with Crippen LogP contribution in [-0.4, -0.2) is 31.6 Å². The van der Waals surface area contributed by atoms with E-state index in [1.54, 1.807) is 0 Å². The summed E-state index contributed by atoms with van der Waals surface area (Å²) in [7, 11) is 0.363. The predicted molar refractivity (Wildman–Crippen MR) is 199 cm³/mol. The van der Waals surface area contributed by atoms with Gasteiger partial charge in [-0.15, -0.1) is 0 Å². The first-order chi connectivity index (χ1) is 22.3. The van der Waals surface area contributed by atoms with Gasteiger partial charge < -0.3 is 4.74 Å². The summed E-state index contributed by atoms with van der Waals surface area (Å²) in [5, 5.41) is 3.90. The van der Waals surface area contributed by atoms with Crippen LogP contribution in [0.25, 0.3) is 10.8 Å². The first-order valence-corrected chi connectivity index (χ1v) is 20.1. The van der Waals surface area contributed by atoms with Crippen LogP contribution in [0.1, 0.15) is 108 Å². The summed E-state index contributed by atoms with van der Waals surface area (Å²) in [4.78, 5) is 0. The van der Waals surface area contributed by atoms with Gasteiger partial charge >= 0.3 is 0 Å². The maximum atomic E-state index is 14.3. The highest BCUT2D eigenvalue weighted by Crippen LogP contribution is 2.58.